The first kappa shape index (κ1) is 20.4. The van der Waals surface area contributed by atoms with Crippen LogP contribution in [0.3, 0.4) is 0 Å². The van der Waals surface area contributed by atoms with Crippen LogP contribution in [0.1, 0.15) is 17.6 Å². The van der Waals surface area contributed by atoms with Crippen molar-refractivity contribution in [2.75, 3.05) is 24.3 Å². The number of pyridine rings is 2. The number of aryl methyl sites for hydroxylation is 1. The van der Waals surface area contributed by atoms with Gasteiger partial charge in [0, 0.05) is 34.6 Å². The summed E-state index contributed by atoms with van der Waals surface area (Å²) in [4.78, 5) is 13.6. The molecule has 4 N–H and O–H groups in total. The van der Waals surface area contributed by atoms with Crippen molar-refractivity contribution in [1.29, 1.82) is 0 Å². The summed E-state index contributed by atoms with van der Waals surface area (Å²) in [7, 11) is 0. The molecule has 148 valence electrons. The molecule has 0 aromatic carbocycles. The van der Waals surface area contributed by atoms with Crippen LogP contribution in [0.2, 0.25) is 0 Å². The number of thioether (sulfide) groups is 1. The van der Waals surface area contributed by atoms with E-state index < -0.39 is 12.7 Å². The number of aliphatic hydroxyl groups is 3. The Morgan fingerprint density at radius 2 is 2.14 bits per heavy atom. The van der Waals surface area contributed by atoms with Gasteiger partial charge >= 0.3 is 0 Å². The van der Waals surface area contributed by atoms with Crippen molar-refractivity contribution in [2.45, 2.75) is 17.9 Å². The first-order valence-electron chi connectivity index (χ1n) is 8.33. The lowest BCUT2D eigenvalue weighted by atomic mass is 10.3. The monoisotopic (exact) mass is 421 g/mol. The van der Waals surface area contributed by atoms with E-state index in [4.69, 9.17) is 14.9 Å². The van der Waals surface area contributed by atoms with Crippen molar-refractivity contribution in [3.63, 3.8) is 0 Å². The molecule has 3 aromatic rings. The first-order chi connectivity index (χ1) is 13.6. The smallest absolute Gasteiger partial charge is 0.208 e. The van der Waals surface area contributed by atoms with Crippen LogP contribution in [-0.2, 0) is 0 Å². The van der Waals surface area contributed by atoms with Gasteiger partial charge in [0.15, 0.2) is 17.4 Å². The molecule has 3 heterocycles. The third-order valence-corrected chi connectivity index (χ3v) is 5.09. The molecule has 1 atom stereocenters. The number of rotatable bonds is 9. The minimum absolute atomic E-state index is 0.0588. The van der Waals surface area contributed by atoms with Crippen molar-refractivity contribution >= 4 is 34.2 Å². The molecule has 9 nitrogen and oxygen atoms in total. The number of nitrogens with zero attached hydrogens (tertiary/aromatic N) is 4. The van der Waals surface area contributed by atoms with Gasteiger partial charge in [0.05, 0.1) is 18.9 Å². The Bertz CT molecular complexity index is 924. The average Bonchev–Trinajstić information content (AvgIpc) is 3.17. The lowest BCUT2D eigenvalue weighted by Crippen LogP contribution is -2.04. The standard InChI is InChI=1S/C17H19N5O4S2/c1-10-13(3-2-4-18-10)26-14-7-11(27-6-5-23)8-19-16(14)21-17-20-15(22-28-17)12(25)9-24/h2-4,7-8,12,23-25H,5-6,9H2,1H3,(H,19,20,21,22). The lowest BCUT2D eigenvalue weighted by Gasteiger charge is -2.13. The van der Waals surface area contributed by atoms with Gasteiger partial charge < -0.3 is 25.4 Å². The quantitative estimate of drug-likeness (QED) is 0.381. The number of anilines is 2. The molecule has 0 radical (unpaired) electrons. The number of nitrogens with one attached hydrogen (secondary N) is 1. The molecule has 0 amide bonds. The largest absolute Gasteiger partial charge is 0.452 e. The minimum Gasteiger partial charge on any atom is -0.452 e. The van der Waals surface area contributed by atoms with E-state index in [9.17, 15) is 5.11 Å². The summed E-state index contributed by atoms with van der Waals surface area (Å²) in [6, 6.07) is 5.40. The fourth-order valence-electron chi connectivity index (χ4n) is 2.14. The molecular formula is C17H19N5O4S2. The SMILES string of the molecule is Cc1ncccc1Oc1cc(SCCO)cnc1Nc1nc(C(O)CO)ns1. The van der Waals surface area contributed by atoms with Gasteiger partial charge in [-0.2, -0.15) is 4.37 Å². The van der Waals surface area contributed by atoms with Crippen molar-refractivity contribution in [3.05, 3.63) is 42.1 Å². The Morgan fingerprint density at radius 3 is 2.89 bits per heavy atom. The molecule has 0 saturated heterocycles. The van der Waals surface area contributed by atoms with Crippen molar-refractivity contribution < 1.29 is 20.1 Å². The predicted octanol–water partition coefficient (Wildman–Crippen LogP) is 2.28. The van der Waals surface area contributed by atoms with Crippen molar-refractivity contribution in [2.24, 2.45) is 0 Å². The second-order valence-electron chi connectivity index (χ2n) is 5.56. The van der Waals surface area contributed by atoms with E-state index in [1.807, 2.05) is 13.0 Å². The summed E-state index contributed by atoms with van der Waals surface area (Å²) in [5.41, 5.74) is 0.728. The molecule has 0 bridgehead atoms. The second kappa shape index (κ2) is 9.75. The Kier molecular flexibility index (Phi) is 7.12. The molecule has 0 fully saturated rings. The molecule has 28 heavy (non-hydrogen) atoms. The number of hydrogen-bond donors (Lipinski definition) is 4. The van der Waals surface area contributed by atoms with Crippen LogP contribution in [0.4, 0.5) is 10.9 Å². The highest BCUT2D eigenvalue weighted by Gasteiger charge is 2.16. The Labute approximate surface area is 169 Å². The third-order valence-electron chi connectivity index (χ3n) is 3.50. The maximum atomic E-state index is 9.64. The Morgan fingerprint density at radius 1 is 1.29 bits per heavy atom. The molecule has 3 rings (SSSR count). The lowest BCUT2D eigenvalue weighted by molar-refractivity contribution is 0.0897. The van der Waals surface area contributed by atoms with E-state index in [1.165, 1.54) is 11.8 Å². The van der Waals surface area contributed by atoms with E-state index in [1.54, 1.807) is 24.5 Å². The number of aliphatic hydroxyl groups excluding tert-OH is 3. The molecule has 11 heteroatoms. The van der Waals surface area contributed by atoms with Gasteiger partial charge in [-0.15, -0.1) is 11.8 Å². The van der Waals surface area contributed by atoms with Crippen LogP contribution in [0, 0.1) is 6.92 Å². The molecule has 3 aromatic heterocycles. The van der Waals surface area contributed by atoms with Crippen LogP contribution in [0.15, 0.2) is 35.5 Å². The molecule has 0 spiro atoms. The highest BCUT2D eigenvalue weighted by Crippen LogP contribution is 2.34. The predicted molar refractivity (Wildman–Crippen MR) is 106 cm³/mol. The highest BCUT2D eigenvalue weighted by atomic mass is 32.2. The van der Waals surface area contributed by atoms with Gasteiger partial charge in [-0.1, -0.05) is 0 Å². The highest BCUT2D eigenvalue weighted by molar-refractivity contribution is 7.99. The summed E-state index contributed by atoms with van der Waals surface area (Å²) in [5.74, 6) is 2.14. The zero-order valence-electron chi connectivity index (χ0n) is 14.9. The van der Waals surface area contributed by atoms with Crippen LogP contribution in [-0.4, -0.2) is 53.6 Å². The fourth-order valence-corrected chi connectivity index (χ4v) is 3.40. The number of ether oxygens (including phenoxy) is 1. The Hall–Kier alpha value is -2.31. The maximum absolute atomic E-state index is 9.64. The summed E-state index contributed by atoms with van der Waals surface area (Å²) < 4.78 is 10.0. The van der Waals surface area contributed by atoms with Gasteiger partial charge in [-0.25, -0.2) is 9.97 Å². The summed E-state index contributed by atoms with van der Waals surface area (Å²) >= 11 is 2.49. The molecule has 0 aliphatic heterocycles. The van der Waals surface area contributed by atoms with Crippen molar-refractivity contribution in [1.82, 2.24) is 19.3 Å². The van der Waals surface area contributed by atoms with E-state index in [0.29, 0.717) is 28.2 Å². The van der Waals surface area contributed by atoms with Crippen LogP contribution in [0.5, 0.6) is 11.5 Å². The van der Waals surface area contributed by atoms with Gasteiger partial charge in [-0.3, -0.25) is 4.98 Å². The zero-order chi connectivity index (χ0) is 19.9. The van der Waals surface area contributed by atoms with Crippen molar-refractivity contribution in [3.8, 4) is 11.5 Å². The summed E-state index contributed by atoms with van der Waals surface area (Å²) in [5, 5.41) is 31.1. The van der Waals surface area contributed by atoms with E-state index in [-0.39, 0.29) is 12.4 Å². The molecule has 0 aliphatic rings. The Balaban J connectivity index is 1.88. The number of hydrogen-bond acceptors (Lipinski definition) is 11. The normalized spacial score (nSPS) is 12.0. The minimum atomic E-state index is -1.13. The van der Waals surface area contributed by atoms with Crippen LogP contribution < -0.4 is 10.1 Å². The topological polar surface area (TPSA) is 134 Å². The fraction of sp³-hybridized carbons (Fsp3) is 0.294. The number of aromatic nitrogens is 4. The third kappa shape index (κ3) is 5.14. The van der Waals surface area contributed by atoms with Crippen LogP contribution >= 0.6 is 23.3 Å². The van der Waals surface area contributed by atoms with Gasteiger partial charge in [0.2, 0.25) is 5.13 Å². The van der Waals surface area contributed by atoms with Gasteiger partial charge in [0.1, 0.15) is 11.9 Å². The van der Waals surface area contributed by atoms with Gasteiger partial charge in [-0.05, 0) is 25.1 Å². The zero-order valence-corrected chi connectivity index (χ0v) is 16.6. The average molecular weight is 422 g/mol. The summed E-state index contributed by atoms with van der Waals surface area (Å²) in [6.07, 6.45) is 2.21. The van der Waals surface area contributed by atoms with Gasteiger partial charge in [0.25, 0.3) is 0 Å². The second-order valence-corrected chi connectivity index (χ2v) is 7.48. The maximum Gasteiger partial charge on any atom is 0.208 e. The van der Waals surface area contributed by atoms with E-state index in [2.05, 4.69) is 24.6 Å². The molecule has 0 saturated carbocycles. The van der Waals surface area contributed by atoms with E-state index >= 15 is 0 Å². The van der Waals surface area contributed by atoms with E-state index in [0.717, 1.165) is 22.1 Å². The molecule has 1 unspecified atom stereocenters. The summed E-state index contributed by atoms with van der Waals surface area (Å²) in [6.45, 7) is 1.44. The molecular weight excluding hydrogens is 402 g/mol. The van der Waals surface area contributed by atoms with Crippen LogP contribution in [0.25, 0.3) is 0 Å². The molecule has 0 aliphatic carbocycles. The first-order valence-corrected chi connectivity index (χ1v) is 10.1.